The molecule has 1 aromatic rings. The lowest BCUT2D eigenvalue weighted by Gasteiger charge is -2.33. The first kappa shape index (κ1) is 14.5. The van der Waals surface area contributed by atoms with Gasteiger partial charge in [-0.25, -0.2) is 8.42 Å². The zero-order valence-corrected chi connectivity index (χ0v) is 12.7. The summed E-state index contributed by atoms with van der Waals surface area (Å²) >= 11 is 0. The number of sulfone groups is 1. The van der Waals surface area contributed by atoms with Crippen LogP contribution in [0.25, 0.3) is 0 Å². The predicted octanol–water partition coefficient (Wildman–Crippen LogP) is 2.33. The molecule has 0 aliphatic heterocycles. The van der Waals surface area contributed by atoms with Gasteiger partial charge in [0.2, 0.25) is 0 Å². The lowest BCUT2D eigenvalue weighted by atomic mass is 9.87. The molecule has 2 unspecified atom stereocenters. The van der Waals surface area contributed by atoms with Crippen LogP contribution in [-0.4, -0.2) is 26.5 Å². The second-order valence-corrected chi connectivity index (χ2v) is 8.03. The fourth-order valence-corrected chi connectivity index (χ4v) is 5.40. The SMILES string of the molecule is CNC1c2ccccc2CCC1S(=O)(=O)CC(C)C. The van der Waals surface area contributed by atoms with Crippen LogP contribution in [0.1, 0.15) is 37.4 Å². The first-order chi connectivity index (χ1) is 8.95. The van der Waals surface area contributed by atoms with E-state index in [1.807, 2.05) is 39.1 Å². The van der Waals surface area contributed by atoms with Crippen molar-refractivity contribution in [1.82, 2.24) is 5.32 Å². The standard InChI is InChI=1S/C15H23NO2S/c1-11(2)10-19(17,18)14-9-8-12-6-4-5-7-13(12)15(14)16-3/h4-7,11,14-16H,8-10H2,1-3H3. The quantitative estimate of drug-likeness (QED) is 0.921. The van der Waals surface area contributed by atoms with Gasteiger partial charge >= 0.3 is 0 Å². The van der Waals surface area contributed by atoms with Gasteiger partial charge in [-0.1, -0.05) is 38.1 Å². The van der Waals surface area contributed by atoms with Gasteiger partial charge < -0.3 is 5.32 Å². The number of hydrogen-bond donors (Lipinski definition) is 1. The summed E-state index contributed by atoms with van der Waals surface area (Å²) < 4.78 is 25.1. The van der Waals surface area contributed by atoms with E-state index in [1.54, 1.807) is 0 Å². The Kier molecular flexibility index (Phi) is 4.31. The highest BCUT2D eigenvalue weighted by Crippen LogP contribution is 2.34. The molecule has 1 aromatic carbocycles. The summed E-state index contributed by atoms with van der Waals surface area (Å²) in [6, 6.07) is 8.09. The molecule has 19 heavy (non-hydrogen) atoms. The highest BCUT2D eigenvalue weighted by atomic mass is 32.2. The zero-order valence-electron chi connectivity index (χ0n) is 11.9. The Morgan fingerprint density at radius 1 is 1.32 bits per heavy atom. The summed E-state index contributed by atoms with van der Waals surface area (Å²) in [5.74, 6) is 0.456. The van der Waals surface area contributed by atoms with Gasteiger partial charge in [0.15, 0.2) is 9.84 Å². The summed E-state index contributed by atoms with van der Waals surface area (Å²) in [5.41, 5.74) is 2.42. The average Bonchev–Trinajstić information content (AvgIpc) is 2.35. The molecule has 3 nitrogen and oxygen atoms in total. The number of benzene rings is 1. The highest BCUT2D eigenvalue weighted by molar-refractivity contribution is 7.92. The molecule has 0 spiro atoms. The molecule has 1 aliphatic carbocycles. The van der Waals surface area contributed by atoms with E-state index < -0.39 is 9.84 Å². The van der Waals surface area contributed by atoms with Crippen molar-refractivity contribution in [2.75, 3.05) is 12.8 Å². The van der Waals surface area contributed by atoms with Gasteiger partial charge in [-0.2, -0.15) is 0 Å². The molecule has 1 N–H and O–H groups in total. The van der Waals surface area contributed by atoms with Crippen LogP contribution >= 0.6 is 0 Å². The molecule has 0 saturated heterocycles. The van der Waals surface area contributed by atoms with E-state index in [1.165, 1.54) is 5.56 Å². The van der Waals surface area contributed by atoms with Crippen molar-refractivity contribution in [1.29, 1.82) is 0 Å². The van der Waals surface area contributed by atoms with Crippen molar-refractivity contribution in [3.63, 3.8) is 0 Å². The van der Waals surface area contributed by atoms with E-state index in [0.29, 0.717) is 0 Å². The molecular formula is C15H23NO2S. The Hall–Kier alpha value is -0.870. The molecule has 106 valence electrons. The molecule has 4 heteroatoms. The van der Waals surface area contributed by atoms with Crippen molar-refractivity contribution in [3.05, 3.63) is 35.4 Å². The molecule has 0 fully saturated rings. The smallest absolute Gasteiger partial charge is 0.155 e. The van der Waals surface area contributed by atoms with Gasteiger partial charge in [0.25, 0.3) is 0 Å². The first-order valence-corrected chi connectivity index (χ1v) is 8.64. The zero-order chi connectivity index (χ0) is 14.0. The monoisotopic (exact) mass is 281 g/mol. The van der Waals surface area contributed by atoms with Crippen LogP contribution < -0.4 is 5.32 Å². The molecule has 0 radical (unpaired) electrons. The fourth-order valence-electron chi connectivity index (χ4n) is 3.05. The molecule has 0 bridgehead atoms. The summed E-state index contributed by atoms with van der Waals surface area (Å²) in [7, 11) is -1.20. The Morgan fingerprint density at radius 3 is 2.63 bits per heavy atom. The molecular weight excluding hydrogens is 258 g/mol. The summed E-state index contributed by atoms with van der Waals surface area (Å²) in [4.78, 5) is 0. The second-order valence-electron chi connectivity index (χ2n) is 5.77. The maximum atomic E-state index is 12.5. The first-order valence-electron chi connectivity index (χ1n) is 6.92. The number of fused-ring (bicyclic) bond motifs is 1. The lowest BCUT2D eigenvalue weighted by molar-refractivity contribution is 0.471. The Morgan fingerprint density at radius 2 is 2.00 bits per heavy atom. The van der Waals surface area contributed by atoms with Crippen molar-refractivity contribution in [2.24, 2.45) is 5.92 Å². The van der Waals surface area contributed by atoms with Crippen LogP contribution in [0.5, 0.6) is 0 Å². The van der Waals surface area contributed by atoms with Crippen molar-refractivity contribution in [2.45, 2.75) is 38.0 Å². The van der Waals surface area contributed by atoms with Crippen molar-refractivity contribution < 1.29 is 8.42 Å². The summed E-state index contributed by atoms with van der Waals surface area (Å²) in [5, 5.41) is 2.91. The molecule has 0 aromatic heterocycles. The minimum Gasteiger partial charge on any atom is -0.312 e. The predicted molar refractivity (Wildman–Crippen MR) is 79.0 cm³/mol. The third-order valence-electron chi connectivity index (χ3n) is 3.80. The molecule has 0 amide bonds. The van der Waals surface area contributed by atoms with Gasteiger partial charge in [-0.3, -0.25) is 0 Å². The van der Waals surface area contributed by atoms with E-state index in [9.17, 15) is 8.42 Å². The van der Waals surface area contributed by atoms with E-state index in [-0.39, 0.29) is 23.0 Å². The number of hydrogen-bond acceptors (Lipinski definition) is 3. The molecule has 0 saturated carbocycles. The van der Waals surface area contributed by atoms with E-state index in [4.69, 9.17) is 0 Å². The number of nitrogens with one attached hydrogen (secondary N) is 1. The van der Waals surface area contributed by atoms with Gasteiger partial charge in [0.05, 0.1) is 11.0 Å². The summed E-state index contributed by atoms with van der Waals surface area (Å²) in [6.07, 6.45) is 1.58. The maximum Gasteiger partial charge on any atom is 0.155 e. The van der Waals surface area contributed by atoms with Crippen LogP contribution in [0.2, 0.25) is 0 Å². The van der Waals surface area contributed by atoms with E-state index in [0.717, 1.165) is 18.4 Å². The van der Waals surface area contributed by atoms with Crippen molar-refractivity contribution >= 4 is 9.84 Å². The van der Waals surface area contributed by atoms with Crippen LogP contribution in [-0.2, 0) is 16.3 Å². The minimum atomic E-state index is -3.05. The van der Waals surface area contributed by atoms with Crippen molar-refractivity contribution in [3.8, 4) is 0 Å². The van der Waals surface area contributed by atoms with Gasteiger partial charge in [0.1, 0.15) is 0 Å². The van der Waals surface area contributed by atoms with Crippen LogP contribution in [0.4, 0.5) is 0 Å². The Bertz CT molecular complexity index is 537. The fraction of sp³-hybridized carbons (Fsp3) is 0.600. The van der Waals surface area contributed by atoms with Crippen LogP contribution in [0.3, 0.4) is 0 Å². The Labute approximate surface area is 116 Å². The van der Waals surface area contributed by atoms with E-state index in [2.05, 4.69) is 11.4 Å². The molecule has 0 heterocycles. The topological polar surface area (TPSA) is 46.2 Å². The molecule has 2 rings (SSSR count). The van der Waals surface area contributed by atoms with Gasteiger partial charge in [0, 0.05) is 6.04 Å². The van der Waals surface area contributed by atoms with Crippen LogP contribution in [0.15, 0.2) is 24.3 Å². The maximum absolute atomic E-state index is 12.5. The molecule has 1 aliphatic rings. The Balaban J connectivity index is 2.35. The van der Waals surface area contributed by atoms with Gasteiger partial charge in [-0.05, 0) is 36.9 Å². The third-order valence-corrected chi connectivity index (χ3v) is 6.36. The average molecular weight is 281 g/mol. The minimum absolute atomic E-state index is 0.0753. The number of aryl methyl sites for hydroxylation is 1. The third kappa shape index (κ3) is 3.00. The number of rotatable bonds is 4. The molecule has 2 atom stereocenters. The van der Waals surface area contributed by atoms with Crippen LogP contribution in [0, 0.1) is 5.92 Å². The second kappa shape index (κ2) is 5.63. The normalized spacial score (nSPS) is 23.4. The highest BCUT2D eigenvalue weighted by Gasteiger charge is 2.37. The van der Waals surface area contributed by atoms with Gasteiger partial charge in [-0.15, -0.1) is 0 Å². The van der Waals surface area contributed by atoms with E-state index >= 15 is 0 Å². The largest absolute Gasteiger partial charge is 0.312 e. The lowest BCUT2D eigenvalue weighted by Crippen LogP contribution is -2.41. The summed E-state index contributed by atoms with van der Waals surface area (Å²) in [6.45, 7) is 3.92.